The molecule has 1 aromatic rings. The van der Waals surface area contributed by atoms with Gasteiger partial charge in [0.2, 0.25) is 0 Å². The monoisotopic (exact) mass is 294 g/mol. The Kier molecular flexibility index (Phi) is 2.91. The molecule has 0 saturated carbocycles. The molecule has 0 aliphatic carbocycles. The van der Waals surface area contributed by atoms with Gasteiger partial charge in [0.05, 0.1) is 0 Å². The molecule has 2 nitrogen and oxygen atoms in total. The first-order chi connectivity index (χ1) is 8.19. The second-order valence-electron chi connectivity index (χ2n) is 5.53. The lowest BCUT2D eigenvalue weighted by atomic mass is 9.86. The van der Waals surface area contributed by atoms with E-state index in [1.165, 1.54) is 54.7 Å². The van der Waals surface area contributed by atoms with Crippen LogP contribution in [0.25, 0.3) is 0 Å². The highest BCUT2D eigenvalue weighted by atomic mass is 79.9. The predicted molar refractivity (Wildman–Crippen MR) is 75.6 cm³/mol. The molecule has 1 unspecified atom stereocenters. The molecule has 92 valence electrons. The molecule has 0 aromatic heterocycles. The van der Waals surface area contributed by atoms with E-state index in [2.05, 4.69) is 51.3 Å². The summed E-state index contributed by atoms with van der Waals surface area (Å²) in [7, 11) is 0. The minimum Gasteiger partial charge on any atom is -0.371 e. The van der Waals surface area contributed by atoms with Gasteiger partial charge < -0.3 is 10.2 Å². The minimum absolute atomic E-state index is 0.557. The van der Waals surface area contributed by atoms with Crippen molar-refractivity contribution in [1.82, 2.24) is 5.32 Å². The molecule has 0 bridgehead atoms. The number of nitrogens with one attached hydrogen (secondary N) is 1. The fourth-order valence-electron chi connectivity index (χ4n) is 3.12. The zero-order valence-electron chi connectivity index (χ0n) is 10.3. The summed E-state index contributed by atoms with van der Waals surface area (Å²) in [6.45, 7) is 7.01. The van der Waals surface area contributed by atoms with Crippen LogP contribution in [0.2, 0.25) is 0 Å². The Morgan fingerprint density at radius 3 is 2.94 bits per heavy atom. The van der Waals surface area contributed by atoms with Gasteiger partial charge in [0.15, 0.2) is 0 Å². The van der Waals surface area contributed by atoms with Crippen molar-refractivity contribution >= 4 is 21.6 Å². The van der Waals surface area contributed by atoms with Gasteiger partial charge in [-0.2, -0.15) is 0 Å². The van der Waals surface area contributed by atoms with Crippen molar-refractivity contribution in [3.05, 3.63) is 28.2 Å². The molecule has 0 radical (unpaired) electrons. The van der Waals surface area contributed by atoms with E-state index >= 15 is 0 Å². The maximum absolute atomic E-state index is 3.57. The van der Waals surface area contributed by atoms with Crippen molar-refractivity contribution in [1.29, 1.82) is 0 Å². The Labute approximate surface area is 112 Å². The van der Waals surface area contributed by atoms with Crippen molar-refractivity contribution in [2.24, 2.45) is 5.41 Å². The van der Waals surface area contributed by atoms with E-state index in [-0.39, 0.29) is 0 Å². The van der Waals surface area contributed by atoms with Gasteiger partial charge in [0, 0.05) is 35.2 Å². The molecule has 3 rings (SSSR count). The number of aryl methyl sites for hydroxylation is 1. The van der Waals surface area contributed by atoms with Crippen LogP contribution in [0, 0.1) is 12.3 Å². The summed E-state index contributed by atoms with van der Waals surface area (Å²) in [6.07, 6.45) is 2.69. The Morgan fingerprint density at radius 2 is 2.24 bits per heavy atom. The quantitative estimate of drug-likeness (QED) is 0.857. The van der Waals surface area contributed by atoms with E-state index in [0.29, 0.717) is 5.41 Å². The van der Waals surface area contributed by atoms with Crippen LogP contribution in [0.15, 0.2) is 22.7 Å². The van der Waals surface area contributed by atoms with Crippen LogP contribution >= 0.6 is 15.9 Å². The molecule has 3 heteroatoms. The molecule has 2 saturated heterocycles. The summed E-state index contributed by atoms with van der Waals surface area (Å²) in [4.78, 5) is 2.55. The smallest absolute Gasteiger partial charge is 0.0369 e. The predicted octanol–water partition coefficient (Wildman–Crippen LogP) is 2.95. The zero-order chi connectivity index (χ0) is 11.9. The fraction of sp³-hybridized carbons (Fsp3) is 0.571. The van der Waals surface area contributed by atoms with E-state index < -0.39 is 0 Å². The normalized spacial score (nSPS) is 28.2. The van der Waals surface area contributed by atoms with Crippen LogP contribution in [-0.4, -0.2) is 26.2 Å². The number of rotatable bonds is 1. The van der Waals surface area contributed by atoms with Crippen LogP contribution in [0.4, 0.5) is 5.69 Å². The first-order valence-electron chi connectivity index (χ1n) is 6.40. The van der Waals surface area contributed by atoms with Crippen LogP contribution in [0.5, 0.6) is 0 Å². The van der Waals surface area contributed by atoms with E-state index in [1.54, 1.807) is 0 Å². The van der Waals surface area contributed by atoms with Gasteiger partial charge in [0.25, 0.3) is 0 Å². The summed E-state index contributed by atoms with van der Waals surface area (Å²) in [5.41, 5.74) is 3.27. The SMILES string of the molecule is Cc1cc(N2CCC3(CCNC3)C2)ccc1Br. The number of halogens is 1. The number of hydrogen-bond acceptors (Lipinski definition) is 2. The molecule has 2 fully saturated rings. The van der Waals surface area contributed by atoms with E-state index in [9.17, 15) is 0 Å². The summed E-state index contributed by atoms with van der Waals surface area (Å²) in [5, 5.41) is 3.51. The van der Waals surface area contributed by atoms with Crippen molar-refractivity contribution in [2.45, 2.75) is 19.8 Å². The first-order valence-corrected chi connectivity index (χ1v) is 7.20. The van der Waals surface area contributed by atoms with Gasteiger partial charge in [-0.1, -0.05) is 15.9 Å². The fourth-order valence-corrected chi connectivity index (χ4v) is 3.37. The lowest BCUT2D eigenvalue weighted by molar-refractivity contribution is 0.369. The third-order valence-electron chi connectivity index (χ3n) is 4.28. The lowest BCUT2D eigenvalue weighted by Gasteiger charge is -2.24. The van der Waals surface area contributed by atoms with Gasteiger partial charge in [-0.15, -0.1) is 0 Å². The molecular weight excluding hydrogens is 276 g/mol. The van der Waals surface area contributed by atoms with Gasteiger partial charge in [-0.25, -0.2) is 0 Å². The van der Waals surface area contributed by atoms with E-state index in [1.807, 2.05) is 0 Å². The second-order valence-corrected chi connectivity index (χ2v) is 6.39. The zero-order valence-corrected chi connectivity index (χ0v) is 11.9. The van der Waals surface area contributed by atoms with Crippen molar-refractivity contribution < 1.29 is 0 Å². The van der Waals surface area contributed by atoms with E-state index in [4.69, 9.17) is 0 Å². The minimum atomic E-state index is 0.557. The van der Waals surface area contributed by atoms with Gasteiger partial charge in [-0.05, 0) is 50.1 Å². The Hall–Kier alpha value is -0.540. The summed E-state index contributed by atoms with van der Waals surface area (Å²) in [5.74, 6) is 0. The molecule has 17 heavy (non-hydrogen) atoms. The molecule has 1 N–H and O–H groups in total. The van der Waals surface area contributed by atoms with Gasteiger partial charge in [0.1, 0.15) is 0 Å². The van der Waals surface area contributed by atoms with Crippen LogP contribution in [0.3, 0.4) is 0 Å². The van der Waals surface area contributed by atoms with Gasteiger partial charge >= 0.3 is 0 Å². The maximum atomic E-state index is 3.57. The molecule has 1 spiro atoms. The number of anilines is 1. The highest BCUT2D eigenvalue weighted by Crippen LogP contribution is 2.38. The number of nitrogens with zero attached hydrogens (tertiary/aromatic N) is 1. The topological polar surface area (TPSA) is 15.3 Å². The Morgan fingerprint density at radius 1 is 1.35 bits per heavy atom. The third-order valence-corrected chi connectivity index (χ3v) is 5.17. The van der Waals surface area contributed by atoms with Crippen molar-refractivity contribution in [3.63, 3.8) is 0 Å². The first kappa shape index (κ1) is 11.5. The average Bonchev–Trinajstić information content (AvgIpc) is 2.94. The van der Waals surface area contributed by atoms with Gasteiger partial charge in [-0.3, -0.25) is 0 Å². The Bertz CT molecular complexity index is 424. The number of benzene rings is 1. The molecule has 2 aliphatic rings. The third kappa shape index (κ3) is 2.11. The average molecular weight is 295 g/mol. The molecular formula is C14H19BrN2. The number of hydrogen-bond donors (Lipinski definition) is 1. The second kappa shape index (κ2) is 4.29. The molecule has 1 aromatic carbocycles. The summed E-state index contributed by atoms with van der Waals surface area (Å²) in [6, 6.07) is 6.70. The maximum Gasteiger partial charge on any atom is 0.0369 e. The van der Waals surface area contributed by atoms with Crippen LogP contribution in [-0.2, 0) is 0 Å². The summed E-state index contributed by atoms with van der Waals surface area (Å²) >= 11 is 3.57. The molecule has 0 amide bonds. The largest absolute Gasteiger partial charge is 0.371 e. The van der Waals surface area contributed by atoms with Crippen molar-refractivity contribution in [3.8, 4) is 0 Å². The summed E-state index contributed by atoms with van der Waals surface area (Å²) < 4.78 is 1.21. The highest BCUT2D eigenvalue weighted by Gasteiger charge is 2.40. The molecule has 1 atom stereocenters. The lowest BCUT2D eigenvalue weighted by Crippen LogP contribution is -2.29. The van der Waals surface area contributed by atoms with Crippen molar-refractivity contribution in [2.75, 3.05) is 31.1 Å². The molecule has 2 heterocycles. The van der Waals surface area contributed by atoms with E-state index in [0.717, 1.165) is 0 Å². The van der Waals surface area contributed by atoms with Crippen LogP contribution in [0.1, 0.15) is 18.4 Å². The Balaban J connectivity index is 1.79. The molecule has 2 aliphatic heterocycles. The standard InChI is InChI=1S/C14H19BrN2/c1-11-8-12(2-3-13(11)15)17-7-5-14(10-17)4-6-16-9-14/h2-3,8,16H,4-7,9-10H2,1H3. The highest BCUT2D eigenvalue weighted by molar-refractivity contribution is 9.10. The van der Waals surface area contributed by atoms with Crippen LogP contribution < -0.4 is 10.2 Å².